The first-order valence-electron chi connectivity index (χ1n) is 8.53. The molecule has 0 amide bonds. The summed E-state index contributed by atoms with van der Waals surface area (Å²) < 4.78 is 10.5. The standard InChI is InChI=1S/C19H28O4/c1-4-18(20)22-16-12-9-10-13-17(16)23-19(21)14-8-6-5-7-11-15(2)3/h9-10,12-13,15H,4-8,11,14H2,1-3H3. The van der Waals surface area contributed by atoms with Crippen LogP contribution < -0.4 is 9.47 Å². The average molecular weight is 320 g/mol. The van der Waals surface area contributed by atoms with Crippen LogP contribution in [0.1, 0.15) is 65.7 Å². The van der Waals surface area contributed by atoms with Crippen molar-refractivity contribution in [1.29, 1.82) is 0 Å². The Bertz CT molecular complexity index is 494. The van der Waals surface area contributed by atoms with Crippen molar-refractivity contribution in [2.24, 2.45) is 5.92 Å². The van der Waals surface area contributed by atoms with Gasteiger partial charge in [-0.25, -0.2) is 0 Å². The van der Waals surface area contributed by atoms with Gasteiger partial charge in [-0.1, -0.05) is 58.6 Å². The first-order chi connectivity index (χ1) is 11.0. The summed E-state index contributed by atoms with van der Waals surface area (Å²) >= 11 is 0. The minimum absolute atomic E-state index is 0.276. The summed E-state index contributed by atoms with van der Waals surface area (Å²) in [4.78, 5) is 23.3. The van der Waals surface area contributed by atoms with E-state index in [1.165, 1.54) is 12.8 Å². The summed E-state index contributed by atoms with van der Waals surface area (Å²) in [6, 6.07) is 6.75. The molecule has 0 aromatic heterocycles. The number of benzene rings is 1. The molecular weight excluding hydrogens is 292 g/mol. The van der Waals surface area contributed by atoms with E-state index in [4.69, 9.17) is 9.47 Å². The van der Waals surface area contributed by atoms with Gasteiger partial charge >= 0.3 is 11.9 Å². The van der Waals surface area contributed by atoms with Crippen LogP contribution in [0.4, 0.5) is 0 Å². The third kappa shape index (κ3) is 8.38. The van der Waals surface area contributed by atoms with E-state index < -0.39 is 0 Å². The molecule has 4 nitrogen and oxygen atoms in total. The van der Waals surface area contributed by atoms with Gasteiger partial charge in [-0.05, 0) is 24.5 Å². The monoisotopic (exact) mass is 320 g/mol. The lowest BCUT2D eigenvalue weighted by Crippen LogP contribution is -2.11. The minimum Gasteiger partial charge on any atom is -0.423 e. The molecule has 128 valence electrons. The van der Waals surface area contributed by atoms with Gasteiger partial charge in [-0.15, -0.1) is 0 Å². The van der Waals surface area contributed by atoms with Crippen molar-refractivity contribution in [3.8, 4) is 11.5 Å². The zero-order chi connectivity index (χ0) is 17.1. The van der Waals surface area contributed by atoms with Crippen molar-refractivity contribution < 1.29 is 19.1 Å². The van der Waals surface area contributed by atoms with E-state index in [1.807, 2.05) is 0 Å². The van der Waals surface area contributed by atoms with Crippen molar-refractivity contribution in [2.75, 3.05) is 0 Å². The topological polar surface area (TPSA) is 52.6 Å². The number of hydrogen-bond acceptors (Lipinski definition) is 4. The summed E-state index contributed by atoms with van der Waals surface area (Å²) in [5, 5.41) is 0. The van der Waals surface area contributed by atoms with E-state index in [9.17, 15) is 9.59 Å². The number of unbranched alkanes of at least 4 members (excludes halogenated alkanes) is 3. The third-order valence-electron chi connectivity index (χ3n) is 3.50. The van der Waals surface area contributed by atoms with Gasteiger partial charge in [0, 0.05) is 12.8 Å². The first kappa shape index (κ1) is 19.2. The van der Waals surface area contributed by atoms with Crippen LogP contribution in [0.2, 0.25) is 0 Å². The van der Waals surface area contributed by atoms with Gasteiger partial charge < -0.3 is 9.47 Å². The van der Waals surface area contributed by atoms with Crippen LogP contribution in [0.5, 0.6) is 11.5 Å². The highest BCUT2D eigenvalue weighted by Gasteiger charge is 2.12. The molecule has 0 fully saturated rings. The number of esters is 2. The Morgan fingerprint density at radius 1 is 0.913 bits per heavy atom. The van der Waals surface area contributed by atoms with E-state index in [2.05, 4.69) is 13.8 Å². The molecule has 0 heterocycles. The Labute approximate surface area is 139 Å². The van der Waals surface area contributed by atoms with Crippen molar-refractivity contribution in [3.05, 3.63) is 24.3 Å². The molecule has 0 aliphatic carbocycles. The molecule has 1 rings (SSSR count). The van der Waals surface area contributed by atoms with Gasteiger partial charge in [0.1, 0.15) is 0 Å². The van der Waals surface area contributed by atoms with Gasteiger partial charge in [0.25, 0.3) is 0 Å². The third-order valence-corrected chi connectivity index (χ3v) is 3.50. The van der Waals surface area contributed by atoms with Crippen LogP contribution in [0.3, 0.4) is 0 Å². The molecule has 0 saturated carbocycles. The quantitative estimate of drug-likeness (QED) is 0.349. The summed E-state index contributed by atoms with van der Waals surface area (Å²) in [5.74, 6) is 0.707. The first-order valence-corrected chi connectivity index (χ1v) is 8.53. The Morgan fingerprint density at radius 2 is 1.48 bits per heavy atom. The van der Waals surface area contributed by atoms with Crippen LogP contribution in [0, 0.1) is 5.92 Å². The molecule has 0 aliphatic heterocycles. The molecule has 0 spiro atoms. The number of carbonyl (C=O) groups excluding carboxylic acids is 2. The lowest BCUT2D eigenvalue weighted by Gasteiger charge is -2.10. The molecule has 1 aromatic rings. The van der Waals surface area contributed by atoms with Gasteiger partial charge in [-0.3, -0.25) is 9.59 Å². The zero-order valence-electron chi connectivity index (χ0n) is 14.5. The number of para-hydroxylation sites is 2. The van der Waals surface area contributed by atoms with Crippen molar-refractivity contribution in [2.45, 2.75) is 65.7 Å². The summed E-state index contributed by atoms with van der Waals surface area (Å²) in [6.07, 6.45) is 6.12. The molecule has 0 aliphatic rings. The maximum absolute atomic E-state index is 11.9. The maximum atomic E-state index is 11.9. The fourth-order valence-electron chi connectivity index (χ4n) is 2.16. The van der Waals surface area contributed by atoms with Crippen LogP contribution in [0.25, 0.3) is 0 Å². The number of carbonyl (C=O) groups is 2. The molecule has 0 unspecified atom stereocenters. The normalized spacial score (nSPS) is 10.6. The second-order valence-corrected chi connectivity index (χ2v) is 6.10. The summed E-state index contributed by atoms with van der Waals surface area (Å²) in [5.41, 5.74) is 0. The molecule has 0 atom stereocenters. The Hall–Kier alpha value is -1.84. The van der Waals surface area contributed by atoms with Gasteiger partial charge in [0.15, 0.2) is 11.5 Å². The van der Waals surface area contributed by atoms with Crippen LogP contribution >= 0.6 is 0 Å². The largest absolute Gasteiger partial charge is 0.423 e. The van der Waals surface area contributed by atoms with Gasteiger partial charge in [-0.2, -0.15) is 0 Å². The van der Waals surface area contributed by atoms with E-state index in [0.717, 1.165) is 25.2 Å². The van der Waals surface area contributed by atoms with Crippen LogP contribution in [-0.4, -0.2) is 11.9 Å². The lowest BCUT2D eigenvalue weighted by molar-refractivity contribution is -0.137. The second kappa shape index (κ2) is 10.8. The molecule has 0 saturated heterocycles. The van der Waals surface area contributed by atoms with Gasteiger partial charge in [0.2, 0.25) is 0 Å². The highest BCUT2D eigenvalue weighted by Crippen LogP contribution is 2.27. The predicted octanol–water partition coefficient (Wildman–Crippen LogP) is 4.90. The Balaban J connectivity index is 2.35. The second-order valence-electron chi connectivity index (χ2n) is 6.10. The van der Waals surface area contributed by atoms with Crippen molar-refractivity contribution in [3.63, 3.8) is 0 Å². The summed E-state index contributed by atoms with van der Waals surface area (Å²) in [6.45, 7) is 6.16. The van der Waals surface area contributed by atoms with E-state index in [1.54, 1.807) is 31.2 Å². The van der Waals surface area contributed by atoms with Crippen LogP contribution in [-0.2, 0) is 9.59 Å². The smallest absolute Gasteiger partial charge is 0.311 e. The summed E-state index contributed by atoms with van der Waals surface area (Å²) in [7, 11) is 0. The van der Waals surface area contributed by atoms with Crippen molar-refractivity contribution >= 4 is 11.9 Å². The predicted molar refractivity (Wildman–Crippen MR) is 90.5 cm³/mol. The zero-order valence-corrected chi connectivity index (χ0v) is 14.5. The highest BCUT2D eigenvalue weighted by atomic mass is 16.6. The Kier molecular flexibility index (Phi) is 9.03. The molecular formula is C19H28O4. The SMILES string of the molecule is CCC(=O)Oc1ccccc1OC(=O)CCCCCCC(C)C. The van der Waals surface area contributed by atoms with E-state index in [-0.39, 0.29) is 18.4 Å². The molecule has 1 aromatic carbocycles. The molecule has 0 bridgehead atoms. The van der Waals surface area contributed by atoms with E-state index in [0.29, 0.717) is 17.9 Å². The average Bonchev–Trinajstić information content (AvgIpc) is 2.52. The molecule has 0 radical (unpaired) electrons. The maximum Gasteiger partial charge on any atom is 0.311 e. The molecule has 4 heteroatoms. The lowest BCUT2D eigenvalue weighted by atomic mass is 10.0. The number of rotatable bonds is 10. The molecule has 0 N–H and O–H groups in total. The number of hydrogen-bond donors (Lipinski definition) is 0. The minimum atomic E-state index is -0.348. The Morgan fingerprint density at radius 3 is 2.04 bits per heavy atom. The molecule has 23 heavy (non-hydrogen) atoms. The number of ether oxygens (including phenoxy) is 2. The highest BCUT2D eigenvalue weighted by molar-refractivity contribution is 5.75. The fourth-order valence-corrected chi connectivity index (χ4v) is 2.16. The fraction of sp³-hybridized carbons (Fsp3) is 0.579. The van der Waals surface area contributed by atoms with Crippen LogP contribution in [0.15, 0.2) is 24.3 Å². The van der Waals surface area contributed by atoms with Crippen molar-refractivity contribution in [1.82, 2.24) is 0 Å². The van der Waals surface area contributed by atoms with E-state index >= 15 is 0 Å². The van der Waals surface area contributed by atoms with Gasteiger partial charge in [0.05, 0.1) is 0 Å².